The predicted molar refractivity (Wildman–Crippen MR) is 56.2 cm³/mol. The van der Waals surface area contributed by atoms with E-state index in [2.05, 4.69) is 0 Å². The molecule has 3 heteroatoms. The highest BCUT2D eigenvalue weighted by atomic mass is 16.5. The Labute approximate surface area is 89.3 Å². The van der Waals surface area contributed by atoms with Crippen LogP contribution in [0.15, 0.2) is 24.3 Å². The summed E-state index contributed by atoms with van der Waals surface area (Å²) in [4.78, 5) is 11.5. The van der Waals surface area contributed by atoms with Gasteiger partial charge in [0.1, 0.15) is 5.75 Å². The third kappa shape index (κ3) is 3.10. The molecule has 0 atom stereocenters. The molecule has 15 heavy (non-hydrogen) atoms. The molecule has 0 radical (unpaired) electrons. The van der Waals surface area contributed by atoms with Gasteiger partial charge >= 0.3 is 5.97 Å². The van der Waals surface area contributed by atoms with Crippen LogP contribution in [0.25, 0.3) is 0 Å². The first kappa shape index (κ1) is 11.3. The molecule has 0 N–H and O–H groups in total. The second-order valence-corrected chi connectivity index (χ2v) is 4.28. The van der Waals surface area contributed by atoms with Gasteiger partial charge in [0.15, 0.2) is 0 Å². The van der Waals surface area contributed by atoms with Gasteiger partial charge in [-0.05, 0) is 45.0 Å². The highest BCUT2D eigenvalue weighted by molar-refractivity contribution is 5.77. The van der Waals surface area contributed by atoms with E-state index in [1.165, 1.54) is 0 Å². The first-order valence-corrected chi connectivity index (χ1v) is 4.66. The summed E-state index contributed by atoms with van der Waals surface area (Å²) in [6.07, 6.45) is 0. The van der Waals surface area contributed by atoms with Crippen molar-refractivity contribution in [2.75, 3.05) is 0 Å². The van der Waals surface area contributed by atoms with Gasteiger partial charge in [-0.15, -0.1) is 0 Å². The number of benzene rings is 1. The maximum atomic E-state index is 11.5. The first-order chi connectivity index (χ1) is 6.93. The van der Waals surface area contributed by atoms with Gasteiger partial charge in [-0.1, -0.05) is 0 Å². The SMILES string of the molecule is CC(C)(C)C(=O)Oc1ccc(C#N)cc1. The van der Waals surface area contributed by atoms with E-state index >= 15 is 0 Å². The number of hydrogen-bond acceptors (Lipinski definition) is 3. The quantitative estimate of drug-likeness (QED) is 0.520. The van der Waals surface area contributed by atoms with Crippen LogP contribution < -0.4 is 4.74 Å². The van der Waals surface area contributed by atoms with E-state index in [-0.39, 0.29) is 5.97 Å². The van der Waals surface area contributed by atoms with E-state index in [9.17, 15) is 4.79 Å². The molecule has 0 saturated heterocycles. The van der Waals surface area contributed by atoms with Crippen LogP contribution in [-0.2, 0) is 4.79 Å². The summed E-state index contributed by atoms with van der Waals surface area (Å²) in [5.74, 6) is 0.182. The maximum absolute atomic E-state index is 11.5. The Morgan fingerprint density at radius 1 is 1.27 bits per heavy atom. The number of nitriles is 1. The Hall–Kier alpha value is -1.82. The summed E-state index contributed by atoms with van der Waals surface area (Å²) >= 11 is 0. The number of hydrogen-bond donors (Lipinski definition) is 0. The minimum atomic E-state index is -0.520. The summed E-state index contributed by atoms with van der Waals surface area (Å²) < 4.78 is 5.13. The van der Waals surface area contributed by atoms with Crippen LogP contribution in [0, 0.1) is 16.7 Å². The molecule has 1 aromatic carbocycles. The number of rotatable bonds is 1. The van der Waals surface area contributed by atoms with E-state index in [1.807, 2.05) is 6.07 Å². The van der Waals surface area contributed by atoms with Gasteiger partial charge in [-0.3, -0.25) is 4.79 Å². The van der Waals surface area contributed by atoms with Crippen molar-refractivity contribution >= 4 is 5.97 Å². The molecule has 1 aromatic rings. The van der Waals surface area contributed by atoms with E-state index < -0.39 is 5.41 Å². The second kappa shape index (κ2) is 4.14. The Morgan fingerprint density at radius 2 is 1.80 bits per heavy atom. The fourth-order valence-corrected chi connectivity index (χ4v) is 0.858. The summed E-state index contributed by atoms with van der Waals surface area (Å²) in [5, 5.41) is 8.58. The number of nitrogens with zero attached hydrogens (tertiary/aromatic N) is 1. The van der Waals surface area contributed by atoms with Crippen LogP contribution in [-0.4, -0.2) is 5.97 Å². The van der Waals surface area contributed by atoms with Gasteiger partial charge in [0, 0.05) is 0 Å². The van der Waals surface area contributed by atoms with Crippen molar-refractivity contribution in [2.45, 2.75) is 20.8 Å². The monoisotopic (exact) mass is 203 g/mol. The van der Waals surface area contributed by atoms with Crippen LogP contribution >= 0.6 is 0 Å². The van der Waals surface area contributed by atoms with Crippen molar-refractivity contribution in [1.82, 2.24) is 0 Å². The smallest absolute Gasteiger partial charge is 0.316 e. The Bertz CT molecular complexity index is 393. The summed E-state index contributed by atoms with van der Waals surface area (Å²) in [6.45, 7) is 5.37. The van der Waals surface area contributed by atoms with E-state index in [1.54, 1.807) is 45.0 Å². The van der Waals surface area contributed by atoms with Crippen LogP contribution in [0.2, 0.25) is 0 Å². The van der Waals surface area contributed by atoms with Gasteiger partial charge in [0.25, 0.3) is 0 Å². The Morgan fingerprint density at radius 3 is 2.20 bits per heavy atom. The molecule has 0 spiro atoms. The lowest BCUT2D eigenvalue weighted by molar-refractivity contribution is -0.142. The minimum Gasteiger partial charge on any atom is -0.426 e. The standard InChI is InChI=1S/C12H13NO2/c1-12(2,3)11(14)15-10-6-4-9(8-13)5-7-10/h4-7H,1-3H3. The first-order valence-electron chi connectivity index (χ1n) is 4.66. The second-order valence-electron chi connectivity index (χ2n) is 4.28. The molecular weight excluding hydrogens is 190 g/mol. The normalized spacial score (nSPS) is 10.5. The molecule has 0 aliphatic rings. The summed E-state index contributed by atoms with van der Waals surface area (Å²) in [6, 6.07) is 8.46. The van der Waals surface area contributed by atoms with E-state index in [4.69, 9.17) is 10.00 Å². The van der Waals surface area contributed by atoms with Crippen LogP contribution in [0.3, 0.4) is 0 Å². The summed E-state index contributed by atoms with van der Waals surface area (Å²) in [7, 11) is 0. The molecular formula is C12H13NO2. The zero-order valence-electron chi connectivity index (χ0n) is 9.07. The Kier molecular flexibility index (Phi) is 3.11. The zero-order valence-corrected chi connectivity index (χ0v) is 9.07. The van der Waals surface area contributed by atoms with Gasteiger partial charge in [0.2, 0.25) is 0 Å². The molecule has 0 bridgehead atoms. The van der Waals surface area contributed by atoms with Crippen molar-refractivity contribution in [2.24, 2.45) is 5.41 Å². The third-order valence-corrected chi connectivity index (χ3v) is 1.81. The van der Waals surface area contributed by atoms with E-state index in [0.29, 0.717) is 11.3 Å². The van der Waals surface area contributed by atoms with Crippen LogP contribution in [0.1, 0.15) is 26.3 Å². The fraction of sp³-hybridized carbons (Fsp3) is 0.333. The zero-order chi connectivity index (χ0) is 11.5. The lowest BCUT2D eigenvalue weighted by Gasteiger charge is -2.16. The average Bonchev–Trinajstić information content (AvgIpc) is 2.17. The van der Waals surface area contributed by atoms with Gasteiger partial charge in [0.05, 0.1) is 17.0 Å². The molecule has 3 nitrogen and oxygen atoms in total. The van der Waals surface area contributed by atoms with Crippen molar-refractivity contribution in [3.63, 3.8) is 0 Å². The minimum absolute atomic E-state index is 0.285. The molecule has 0 unspecified atom stereocenters. The van der Waals surface area contributed by atoms with E-state index in [0.717, 1.165) is 0 Å². The highest BCUT2D eigenvalue weighted by Crippen LogP contribution is 2.19. The number of esters is 1. The van der Waals surface area contributed by atoms with Gasteiger partial charge < -0.3 is 4.74 Å². The third-order valence-electron chi connectivity index (χ3n) is 1.81. The topological polar surface area (TPSA) is 50.1 Å². The molecule has 0 heterocycles. The van der Waals surface area contributed by atoms with Crippen LogP contribution in [0.5, 0.6) is 5.75 Å². The lowest BCUT2D eigenvalue weighted by Crippen LogP contribution is -2.25. The van der Waals surface area contributed by atoms with Gasteiger partial charge in [-0.25, -0.2) is 0 Å². The molecule has 0 fully saturated rings. The number of ether oxygens (including phenoxy) is 1. The average molecular weight is 203 g/mol. The molecule has 0 aliphatic heterocycles. The van der Waals surface area contributed by atoms with Crippen molar-refractivity contribution in [3.05, 3.63) is 29.8 Å². The molecule has 1 rings (SSSR count). The largest absolute Gasteiger partial charge is 0.426 e. The highest BCUT2D eigenvalue weighted by Gasteiger charge is 2.23. The van der Waals surface area contributed by atoms with Crippen LogP contribution in [0.4, 0.5) is 0 Å². The van der Waals surface area contributed by atoms with Crippen molar-refractivity contribution in [1.29, 1.82) is 5.26 Å². The number of carbonyl (C=O) groups excluding carboxylic acids is 1. The summed E-state index contributed by atoms with van der Waals surface area (Å²) in [5.41, 5.74) is 0.0269. The predicted octanol–water partition coefficient (Wildman–Crippen LogP) is 2.51. The lowest BCUT2D eigenvalue weighted by atomic mass is 9.97. The van der Waals surface area contributed by atoms with Gasteiger partial charge in [-0.2, -0.15) is 5.26 Å². The molecule has 78 valence electrons. The van der Waals surface area contributed by atoms with Crippen molar-refractivity contribution in [3.8, 4) is 11.8 Å². The molecule has 0 saturated carbocycles. The molecule has 0 aliphatic carbocycles. The number of carbonyl (C=O) groups is 1. The Balaban J connectivity index is 2.75. The molecule has 0 amide bonds. The van der Waals surface area contributed by atoms with Crippen molar-refractivity contribution < 1.29 is 9.53 Å². The fourth-order valence-electron chi connectivity index (χ4n) is 0.858. The molecule has 0 aromatic heterocycles. The maximum Gasteiger partial charge on any atom is 0.316 e.